The van der Waals surface area contributed by atoms with Crippen LogP contribution < -0.4 is 5.73 Å². The molecule has 1 atom stereocenters. The van der Waals surface area contributed by atoms with Gasteiger partial charge < -0.3 is 10.3 Å². The van der Waals surface area contributed by atoms with Gasteiger partial charge in [-0.1, -0.05) is 59.8 Å². The summed E-state index contributed by atoms with van der Waals surface area (Å²) in [7, 11) is 0. The predicted molar refractivity (Wildman–Crippen MR) is 72.2 cm³/mol. The first-order valence-electron chi connectivity index (χ1n) is 6.02. The number of nitrogens with two attached hydrogens (primary N) is 1. The topological polar surface area (TPSA) is 64.9 Å². The molecule has 0 spiro atoms. The summed E-state index contributed by atoms with van der Waals surface area (Å²) in [5.74, 6) is 0.493. The van der Waals surface area contributed by atoms with Gasteiger partial charge in [-0.15, -0.1) is 0 Å². The number of hydrogen-bond acceptors (Lipinski definition) is 4. The van der Waals surface area contributed by atoms with Crippen LogP contribution in [0.3, 0.4) is 0 Å². The number of benzene rings is 2. The molecule has 1 heterocycles. The van der Waals surface area contributed by atoms with Crippen molar-refractivity contribution in [2.24, 2.45) is 5.73 Å². The molecule has 1 unspecified atom stereocenters. The maximum absolute atomic E-state index is 6.06. The standard InChI is InChI=1S/C15H13N3O/c16-14(15-17-10-19-18-15)13-8-6-12(7-9-13)11-4-2-1-3-5-11/h1-10,14H,16H2. The van der Waals surface area contributed by atoms with E-state index in [1.54, 1.807) is 0 Å². The summed E-state index contributed by atoms with van der Waals surface area (Å²) in [5.41, 5.74) is 9.36. The van der Waals surface area contributed by atoms with Gasteiger partial charge in [-0.2, -0.15) is 4.98 Å². The van der Waals surface area contributed by atoms with Crippen LogP contribution in [0.2, 0.25) is 0 Å². The van der Waals surface area contributed by atoms with E-state index in [0.29, 0.717) is 5.82 Å². The molecule has 0 aliphatic heterocycles. The maximum Gasteiger partial charge on any atom is 0.213 e. The van der Waals surface area contributed by atoms with Crippen molar-refractivity contribution in [2.45, 2.75) is 6.04 Å². The Hall–Kier alpha value is -2.46. The molecule has 2 N–H and O–H groups in total. The molecule has 4 nitrogen and oxygen atoms in total. The molecule has 0 bridgehead atoms. The van der Waals surface area contributed by atoms with Gasteiger partial charge in [0.25, 0.3) is 0 Å². The summed E-state index contributed by atoms with van der Waals surface area (Å²) >= 11 is 0. The first kappa shape index (κ1) is 11.6. The molecule has 0 fully saturated rings. The Morgan fingerprint density at radius 3 is 2.21 bits per heavy atom. The minimum Gasteiger partial charge on any atom is -0.343 e. The van der Waals surface area contributed by atoms with Gasteiger partial charge >= 0.3 is 0 Å². The van der Waals surface area contributed by atoms with Crippen LogP contribution in [0.25, 0.3) is 11.1 Å². The molecule has 1 aromatic heterocycles. The van der Waals surface area contributed by atoms with Crippen molar-refractivity contribution in [1.29, 1.82) is 0 Å². The molecule has 0 saturated heterocycles. The van der Waals surface area contributed by atoms with Gasteiger partial charge in [-0.25, -0.2) is 0 Å². The van der Waals surface area contributed by atoms with Crippen LogP contribution in [0.5, 0.6) is 0 Å². The molecule has 94 valence electrons. The Balaban J connectivity index is 1.87. The number of hydrogen-bond donors (Lipinski definition) is 1. The molecule has 0 radical (unpaired) electrons. The summed E-state index contributed by atoms with van der Waals surface area (Å²) in [6, 6.07) is 17.9. The first-order valence-corrected chi connectivity index (χ1v) is 6.02. The average molecular weight is 251 g/mol. The van der Waals surface area contributed by atoms with E-state index in [1.807, 2.05) is 42.5 Å². The lowest BCUT2D eigenvalue weighted by molar-refractivity contribution is 0.407. The van der Waals surface area contributed by atoms with Crippen molar-refractivity contribution in [3.63, 3.8) is 0 Å². The summed E-state index contributed by atoms with van der Waals surface area (Å²) in [4.78, 5) is 3.97. The van der Waals surface area contributed by atoms with E-state index < -0.39 is 0 Å². The smallest absolute Gasteiger partial charge is 0.213 e. The molecular weight excluding hydrogens is 238 g/mol. The van der Waals surface area contributed by atoms with Gasteiger partial charge in [0.05, 0.1) is 6.04 Å². The molecule has 0 aliphatic carbocycles. The highest BCUT2D eigenvalue weighted by Gasteiger charge is 2.13. The van der Waals surface area contributed by atoms with Crippen molar-refractivity contribution in [1.82, 2.24) is 10.1 Å². The van der Waals surface area contributed by atoms with Crippen molar-refractivity contribution in [3.05, 3.63) is 72.4 Å². The molecule has 0 amide bonds. The van der Waals surface area contributed by atoms with Gasteiger partial charge in [-0.05, 0) is 16.7 Å². The van der Waals surface area contributed by atoms with Crippen molar-refractivity contribution >= 4 is 0 Å². The van der Waals surface area contributed by atoms with Gasteiger partial charge in [0.1, 0.15) is 0 Å². The third-order valence-corrected chi connectivity index (χ3v) is 3.03. The number of nitrogens with zero attached hydrogens (tertiary/aromatic N) is 2. The minimum atomic E-state index is -0.358. The lowest BCUT2D eigenvalue weighted by Gasteiger charge is -2.08. The summed E-state index contributed by atoms with van der Waals surface area (Å²) in [6.07, 6.45) is 1.29. The minimum absolute atomic E-state index is 0.358. The number of rotatable bonds is 3. The van der Waals surface area contributed by atoms with Crippen LogP contribution in [0.15, 0.2) is 65.5 Å². The Morgan fingerprint density at radius 2 is 1.58 bits per heavy atom. The van der Waals surface area contributed by atoms with Crippen LogP contribution >= 0.6 is 0 Å². The molecule has 2 aromatic carbocycles. The van der Waals surface area contributed by atoms with Crippen LogP contribution in [-0.4, -0.2) is 10.1 Å². The Labute approximate surface area is 110 Å². The maximum atomic E-state index is 6.06. The molecule has 0 saturated carbocycles. The van der Waals surface area contributed by atoms with Crippen molar-refractivity contribution in [2.75, 3.05) is 0 Å². The third-order valence-electron chi connectivity index (χ3n) is 3.03. The highest BCUT2D eigenvalue weighted by molar-refractivity contribution is 5.63. The van der Waals surface area contributed by atoms with Crippen LogP contribution in [0.4, 0.5) is 0 Å². The van der Waals surface area contributed by atoms with E-state index in [2.05, 4.69) is 22.3 Å². The molecule has 19 heavy (non-hydrogen) atoms. The van der Waals surface area contributed by atoms with Crippen LogP contribution in [0.1, 0.15) is 17.4 Å². The SMILES string of the molecule is NC(c1ccc(-c2ccccc2)cc1)c1ncon1. The Bertz CT molecular complexity index is 633. The van der Waals surface area contributed by atoms with Gasteiger partial charge in [0.15, 0.2) is 5.82 Å². The highest BCUT2D eigenvalue weighted by Crippen LogP contribution is 2.22. The molecule has 4 heteroatoms. The predicted octanol–water partition coefficient (Wildman–Crippen LogP) is 2.78. The summed E-state index contributed by atoms with van der Waals surface area (Å²) in [6.45, 7) is 0. The molecular formula is C15H13N3O. The van der Waals surface area contributed by atoms with E-state index in [4.69, 9.17) is 10.3 Å². The zero-order valence-corrected chi connectivity index (χ0v) is 10.2. The van der Waals surface area contributed by atoms with E-state index >= 15 is 0 Å². The molecule has 0 aliphatic rings. The highest BCUT2D eigenvalue weighted by atomic mass is 16.5. The number of aromatic nitrogens is 2. The molecule has 3 aromatic rings. The van der Waals surface area contributed by atoms with Crippen LogP contribution in [0, 0.1) is 0 Å². The molecule has 3 rings (SSSR count). The van der Waals surface area contributed by atoms with Gasteiger partial charge in [0, 0.05) is 0 Å². The fourth-order valence-corrected chi connectivity index (χ4v) is 1.98. The average Bonchev–Trinajstić information content (AvgIpc) is 3.02. The quantitative estimate of drug-likeness (QED) is 0.777. The largest absolute Gasteiger partial charge is 0.343 e. The van der Waals surface area contributed by atoms with Gasteiger partial charge in [0.2, 0.25) is 6.39 Å². The monoisotopic (exact) mass is 251 g/mol. The summed E-state index contributed by atoms with van der Waals surface area (Å²) < 4.78 is 4.71. The lowest BCUT2D eigenvalue weighted by Crippen LogP contribution is -2.13. The zero-order valence-electron chi connectivity index (χ0n) is 10.2. The fraction of sp³-hybridized carbons (Fsp3) is 0.0667. The lowest BCUT2D eigenvalue weighted by atomic mass is 10.0. The van der Waals surface area contributed by atoms with Crippen LogP contribution in [-0.2, 0) is 0 Å². The zero-order chi connectivity index (χ0) is 13.1. The second-order valence-corrected chi connectivity index (χ2v) is 4.26. The Morgan fingerprint density at radius 1 is 0.895 bits per heavy atom. The second kappa shape index (κ2) is 5.04. The Kier molecular flexibility index (Phi) is 3.08. The first-order chi connectivity index (χ1) is 9.34. The van der Waals surface area contributed by atoms with Crippen molar-refractivity contribution < 1.29 is 4.52 Å². The van der Waals surface area contributed by atoms with E-state index in [-0.39, 0.29) is 6.04 Å². The van der Waals surface area contributed by atoms with E-state index in [0.717, 1.165) is 11.1 Å². The van der Waals surface area contributed by atoms with Crippen molar-refractivity contribution in [3.8, 4) is 11.1 Å². The van der Waals surface area contributed by atoms with Gasteiger partial charge in [-0.3, -0.25) is 0 Å². The van der Waals surface area contributed by atoms with E-state index in [1.165, 1.54) is 12.0 Å². The van der Waals surface area contributed by atoms with E-state index in [9.17, 15) is 0 Å². The third kappa shape index (κ3) is 2.39. The fourth-order valence-electron chi connectivity index (χ4n) is 1.98. The normalized spacial score (nSPS) is 12.3. The summed E-state index contributed by atoms with van der Waals surface area (Å²) in [5, 5.41) is 3.76. The second-order valence-electron chi connectivity index (χ2n) is 4.26.